The molecule has 1 unspecified atom stereocenters. The van der Waals surface area contributed by atoms with Gasteiger partial charge in [0.25, 0.3) is 0 Å². The molecule has 1 saturated carbocycles. The van der Waals surface area contributed by atoms with Crippen LogP contribution < -0.4 is 10.6 Å². The van der Waals surface area contributed by atoms with Gasteiger partial charge in [0.2, 0.25) is 0 Å². The molecule has 1 heterocycles. The maximum atomic E-state index is 12.6. The van der Waals surface area contributed by atoms with Crippen LogP contribution in [0.25, 0.3) is 11.0 Å². The molecule has 1 fully saturated rings. The largest absolute Gasteiger partial charge is 0.378 e. The van der Waals surface area contributed by atoms with Gasteiger partial charge in [-0.3, -0.25) is 18.7 Å². The summed E-state index contributed by atoms with van der Waals surface area (Å²) in [7, 11) is 5.58. The number of rotatable bonds is 2. The van der Waals surface area contributed by atoms with Crippen molar-refractivity contribution in [3.63, 3.8) is 0 Å². The zero-order chi connectivity index (χ0) is 16.0. The molecule has 0 radical (unpaired) electrons. The van der Waals surface area contributed by atoms with E-state index in [-0.39, 0.29) is 23.7 Å². The highest BCUT2D eigenvalue weighted by molar-refractivity contribution is 6.03. The minimum absolute atomic E-state index is 0.0376. The molecule has 1 aliphatic rings. The first-order valence-corrected chi connectivity index (χ1v) is 7.33. The van der Waals surface area contributed by atoms with Crippen molar-refractivity contribution in [2.75, 3.05) is 19.0 Å². The standard InChI is InChI=1S/C16H19N3O3/c1-17(2)10-4-6-12-14(8-10)18(3)16(22)19(12)13-7-5-11(20)9-15(13)21/h4,6,8,13H,5,7,9H2,1-3H3. The van der Waals surface area contributed by atoms with Crippen LogP contribution in [-0.2, 0) is 16.6 Å². The third-order valence-electron chi connectivity index (χ3n) is 4.34. The number of aromatic nitrogens is 2. The molecule has 6 heteroatoms. The van der Waals surface area contributed by atoms with Crippen LogP contribution in [0.1, 0.15) is 25.3 Å². The second-order valence-electron chi connectivity index (χ2n) is 6.02. The number of ketones is 2. The lowest BCUT2D eigenvalue weighted by Crippen LogP contribution is -2.34. The normalized spacial score (nSPS) is 19.0. The molecular formula is C16H19N3O3. The molecule has 1 atom stereocenters. The Balaban J connectivity index is 2.18. The van der Waals surface area contributed by atoms with Gasteiger partial charge in [-0.2, -0.15) is 0 Å². The predicted molar refractivity (Wildman–Crippen MR) is 84.4 cm³/mol. The molecule has 22 heavy (non-hydrogen) atoms. The molecule has 0 N–H and O–H groups in total. The summed E-state index contributed by atoms with van der Waals surface area (Å²) in [5.74, 6) is -0.202. The molecule has 1 aromatic heterocycles. The monoisotopic (exact) mass is 301 g/mol. The predicted octanol–water partition coefficient (Wildman–Crippen LogP) is 1.27. The van der Waals surface area contributed by atoms with E-state index >= 15 is 0 Å². The van der Waals surface area contributed by atoms with Crippen molar-refractivity contribution in [3.05, 3.63) is 28.7 Å². The lowest BCUT2D eigenvalue weighted by atomic mass is 9.93. The molecule has 0 saturated heterocycles. The van der Waals surface area contributed by atoms with E-state index in [9.17, 15) is 14.4 Å². The fraction of sp³-hybridized carbons (Fsp3) is 0.438. The van der Waals surface area contributed by atoms with Gasteiger partial charge in [0.1, 0.15) is 5.78 Å². The summed E-state index contributed by atoms with van der Waals surface area (Å²) in [4.78, 5) is 38.1. The number of nitrogens with zero attached hydrogens (tertiary/aromatic N) is 3. The molecule has 3 rings (SSSR count). The van der Waals surface area contributed by atoms with Crippen LogP contribution in [0.4, 0.5) is 5.69 Å². The van der Waals surface area contributed by atoms with Gasteiger partial charge in [-0.15, -0.1) is 0 Å². The summed E-state index contributed by atoms with van der Waals surface area (Å²) in [5.41, 5.74) is 2.32. The van der Waals surface area contributed by atoms with Gasteiger partial charge >= 0.3 is 5.69 Å². The smallest absolute Gasteiger partial charge is 0.329 e. The van der Waals surface area contributed by atoms with Crippen molar-refractivity contribution in [1.29, 1.82) is 0 Å². The third-order valence-corrected chi connectivity index (χ3v) is 4.34. The molecule has 0 amide bonds. The maximum Gasteiger partial charge on any atom is 0.329 e. The van der Waals surface area contributed by atoms with Gasteiger partial charge in [-0.1, -0.05) is 0 Å². The number of benzene rings is 1. The van der Waals surface area contributed by atoms with E-state index < -0.39 is 6.04 Å². The number of imidazole rings is 1. The highest BCUT2D eigenvalue weighted by Crippen LogP contribution is 2.27. The van der Waals surface area contributed by atoms with E-state index in [0.29, 0.717) is 12.8 Å². The summed E-state index contributed by atoms with van der Waals surface area (Å²) in [5, 5.41) is 0. The average Bonchev–Trinajstić information content (AvgIpc) is 2.71. The summed E-state index contributed by atoms with van der Waals surface area (Å²) < 4.78 is 3.11. The van der Waals surface area contributed by atoms with Crippen LogP contribution >= 0.6 is 0 Å². The molecular weight excluding hydrogens is 282 g/mol. The Morgan fingerprint density at radius 3 is 2.50 bits per heavy atom. The quantitative estimate of drug-likeness (QED) is 0.784. The number of aryl methyl sites for hydroxylation is 1. The number of Topliss-reactive ketones (excluding diaryl/α,β-unsaturated/α-hetero) is 2. The number of fused-ring (bicyclic) bond motifs is 1. The lowest BCUT2D eigenvalue weighted by molar-refractivity contribution is -0.132. The Hall–Kier alpha value is -2.37. The minimum atomic E-state index is -0.529. The number of carbonyl (C=O) groups excluding carboxylic acids is 2. The Labute approximate surface area is 127 Å². The fourth-order valence-corrected chi connectivity index (χ4v) is 3.06. The van der Waals surface area contributed by atoms with Crippen LogP contribution in [0.2, 0.25) is 0 Å². The highest BCUT2D eigenvalue weighted by atomic mass is 16.2. The SMILES string of the molecule is CN(C)c1ccc2c(c1)n(C)c(=O)n2C1CCC(=O)CC1=O. The molecule has 2 aromatic rings. The van der Waals surface area contributed by atoms with Gasteiger partial charge < -0.3 is 4.90 Å². The highest BCUT2D eigenvalue weighted by Gasteiger charge is 2.31. The molecule has 1 aromatic carbocycles. The molecule has 0 bridgehead atoms. The summed E-state index contributed by atoms with van der Waals surface area (Å²) in [6.45, 7) is 0. The zero-order valence-corrected chi connectivity index (χ0v) is 13.0. The Kier molecular flexibility index (Phi) is 3.39. The number of anilines is 1. The second-order valence-corrected chi connectivity index (χ2v) is 6.02. The first-order chi connectivity index (χ1) is 10.4. The molecule has 116 valence electrons. The fourth-order valence-electron chi connectivity index (χ4n) is 3.06. The first kappa shape index (κ1) is 14.6. The van der Waals surface area contributed by atoms with Gasteiger partial charge in [-0.25, -0.2) is 4.79 Å². The second kappa shape index (κ2) is 5.12. The van der Waals surface area contributed by atoms with Crippen LogP contribution in [0.15, 0.2) is 23.0 Å². The van der Waals surface area contributed by atoms with E-state index in [4.69, 9.17) is 0 Å². The van der Waals surface area contributed by atoms with E-state index in [2.05, 4.69) is 0 Å². The van der Waals surface area contributed by atoms with Gasteiger partial charge in [-0.05, 0) is 24.6 Å². The average molecular weight is 301 g/mol. The van der Waals surface area contributed by atoms with Gasteiger partial charge in [0.05, 0.1) is 23.5 Å². The van der Waals surface area contributed by atoms with E-state index in [0.717, 1.165) is 16.7 Å². The van der Waals surface area contributed by atoms with Crippen molar-refractivity contribution >= 4 is 28.3 Å². The molecule has 6 nitrogen and oxygen atoms in total. The van der Waals surface area contributed by atoms with E-state index in [1.807, 2.05) is 37.2 Å². The van der Waals surface area contributed by atoms with Crippen LogP contribution in [0.5, 0.6) is 0 Å². The molecule has 1 aliphatic carbocycles. The summed E-state index contributed by atoms with van der Waals surface area (Å²) in [6, 6.07) is 5.21. The zero-order valence-electron chi connectivity index (χ0n) is 13.0. The number of hydrogen-bond acceptors (Lipinski definition) is 4. The van der Waals surface area contributed by atoms with E-state index in [1.165, 1.54) is 0 Å². The summed E-state index contributed by atoms with van der Waals surface area (Å²) >= 11 is 0. The maximum absolute atomic E-state index is 12.6. The Bertz CT molecular complexity index is 829. The van der Waals surface area contributed by atoms with Gasteiger partial charge in [0.15, 0.2) is 5.78 Å². The van der Waals surface area contributed by atoms with Crippen molar-refractivity contribution in [3.8, 4) is 0 Å². The van der Waals surface area contributed by atoms with Crippen molar-refractivity contribution in [2.45, 2.75) is 25.3 Å². The van der Waals surface area contributed by atoms with Crippen molar-refractivity contribution in [2.24, 2.45) is 7.05 Å². The van der Waals surface area contributed by atoms with Crippen LogP contribution in [-0.4, -0.2) is 34.8 Å². The van der Waals surface area contributed by atoms with Crippen LogP contribution in [0.3, 0.4) is 0 Å². The molecule has 0 spiro atoms. The van der Waals surface area contributed by atoms with Gasteiger partial charge in [0, 0.05) is 33.3 Å². The first-order valence-electron chi connectivity index (χ1n) is 7.33. The molecule has 0 aliphatic heterocycles. The Morgan fingerprint density at radius 2 is 1.86 bits per heavy atom. The third kappa shape index (κ3) is 2.15. The number of hydrogen-bond donors (Lipinski definition) is 0. The van der Waals surface area contributed by atoms with E-state index in [1.54, 1.807) is 16.2 Å². The number of carbonyl (C=O) groups is 2. The minimum Gasteiger partial charge on any atom is -0.378 e. The van der Waals surface area contributed by atoms with Crippen LogP contribution in [0, 0.1) is 0 Å². The summed E-state index contributed by atoms with van der Waals surface area (Å²) in [6.07, 6.45) is 0.699. The Morgan fingerprint density at radius 1 is 1.14 bits per heavy atom. The topological polar surface area (TPSA) is 64.3 Å². The van der Waals surface area contributed by atoms with Crippen molar-refractivity contribution < 1.29 is 9.59 Å². The lowest BCUT2D eigenvalue weighted by Gasteiger charge is -2.21. The van der Waals surface area contributed by atoms with Crippen molar-refractivity contribution in [1.82, 2.24) is 9.13 Å².